The molecule has 28 heavy (non-hydrogen) atoms. The molecule has 10 nitrogen and oxygen atoms in total. The molecular formula is C17H17N5O5S. The van der Waals surface area contributed by atoms with E-state index in [0.717, 1.165) is 0 Å². The molecular weight excluding hydrogens is 386 g/mol. The van der Waals surface area contributed by atoms with Gasteiger partial charge in [0.25, 0.3) is 0 Å². The van der Waals surface area contributed by atoms with Crippen LogP contribution in [0.3, 0.4) is 0 Å². The lowest BCUT2D eigenvalue weighted by Gasteiger charge is -2.09. The molecule has 4 N–H and O–H groups in total. The third-order valence-corrected chi connectivity index (χ3v) is 4.61. The van der Waals surface area contributed by atoms with Gasteiger partial charge in [-0.15, -0.1) is 10.2 Å². The first-order valence-electron chi connectivity index (χ1n) is 7.94. The molecule has 0 radical (unpaired) electrons. The van der Waals surface area contributed by atoms with Gasteiger partial charge in [0, 0.05) is 19.5 Å². The number of rotatable bonds is 5. The van der Waals surface area contributed by atoms with E-state index in [0.29, 0.717) is 16.6 Å². The summed E-state index contributed by atoms with van der Waals surface area (Å²) < 4.78 is 22.6. The van der Waals surface area contributed by atoms with E-state index in [4.69, 9.17) is 9.98 Å². The quantitative estimate of drug-likeness (QED) is 0.440. The normalized spacial score (nSPS) is 12.1. The van der Waals surface area contributed by atoms with Crippen molar-refractivity contribution in [1.29, 1.82) is 0 Å². The number of hydrogen-bond acceptors (Lipinski definition) is 8. The number of H-pyrrole nitrogens is 1. The highest BCUT2D eigenvalue weighted by Gasteiger charge is 2.15. The summed E-state index contributed by atoms with van der Waals surface area (Å²) in [7, 11) is -0.634. The number of aromatic amines is 1. The highest BCUT2D eigenvalue weighted by Crippen LogP contribution is 2.37. The van der Waals surface area contributed by atoms with Crippen LogP contribution in [0, 0.1) is 0 Å². The zero-order valence-corrected chi connectivity index (χ0v) is 15.8. The van der Waals surface area contributed by atoms with Crippen LogP contribution in [-0.2, 0) is 14.9 Å². The Kier molecular flexibility index (Phi) is 5.14. The Morgan fingerprint density at radius 1 is 1.14 bits per heavy atom. The molecule has 0 amide bonds. The van der Waals surface area contributed by atoms with Crippen molar-refractivity contribution in [1.82, 2.24) is 10.0 Å². The predicted octanol–water partition coefficient (Wildman–Crippen LogP) is 2.57. The van der Waals surface area contributed by atoms with E-state index < -0.39 is 16.0 Å². The maximum absolute atomic E-state index is 12.1. The summed E-state index contributed by atoms with van der Waals surface area (Å²) in [5, 5.41) is 24.9. The number of primary sulfonamides is 1. The minimum atomic E-state index is -3.80. The number of benzene rings is 2. The summed E-state index contributed by atoms with van der Waals surface area (Å²) in [6.07, 6.45) is 0. The summed E-state index contributed by atoms with van der Waals surface area (Å²) in [5.41, 5.74) is 1.31. The second-order valence-electron chi connectivity index (χ2n) is 6.01. The number of nitrogens with one attached hydrogen (secondary N) is 1. The van der Waals surface area contributed by atoms with E-state index in [1.54, 1.807) is 26.2 Å². The Morgan fingerprint density at radius 2 is 1.82 bits per heavy atom. The van der Waals surface area contributed by atoms with Crippen LogP contribution < -0.4 is 5.14 Å². The second-order valence-corrected chi connectivity index (χ2v) is 7.57. The van der Waals surface area contributed by atoms with Crippen molar-refractivity contribution in [3.63, 3.8) is 0 Å². The summed E-state index contributed by atoms with van der Waals surface area (Å²) >= 11 is 0. The van der Waals surface area contributed by atoms with Crippen molar-refractivity contribution < 1.29 is 23.2 Å². The summed E-state index contributed by atoms with van der Waals surface area (Å²) in [5.74, 6) is -0.785. The topological polar surface area (TPSA) is 150 Å². The largest absolute Gasteiger partial charge is 0.493 e. The lowest BCUT2D eigenvalue weighted by atomic mass is 10.1. The van der Waals surface area contributed by atoms with Crippen molar-refractivity contribution in [3.05, 3.63) is 48.0 Å². The van der Waals surface area contributed by atoms with Crippen LogP contribution in [0.2, 0.25) is 0 Å². The molecule has 0 atom stereocenters. The molecule has 11 heteroatoms. The highest BCUT2D eigenvalue weighted by molar-refractivity contribution is 7.89. The Labute approximate surface area is 160 Å². The third kappa shape index (κ3) is 4.17. The second kappa shape index (κ2) is 7.38. The lowest BCUT2D eigenvalue weighted by Crippen LogP contribution is -2.18. The SMILES string of the molecule is CN(C)OC(=O)c1ccc2[nH]c(O)c(N=Nc3ccc(S(N)(=O)=O)cc3)c2c1. The zero-order chi connectivity index (χ0) is 20.5. The van der Waals surface area contributed by atoms with Crippen molar-refractivity contribution in [2.45, 2.75) is 4.90 Å². The van der Waals surface area contributed by atoms with E-state index in [1.165, 1.54) is 35.4 Å². The molecule has 0 saturated heterocycles. The molecule has 0 spiro atoms. The number of hydrogen-bond donors (Lipinski definition) is 3. The number of fused-ring (bicyclic) bond motifs is 1. The molecule has 3 rings (SSSR count). The van der Waals surface area contributed by atoms with E-state index in [-0.39, 0.29) is 22.0 Å². The molecule has 1 aromatic heterocycles. The summed E-state index contributed by atoms with van der Waals surface area (Å²) in [4.78, 5) is 19.8. The molecule has 2 aromatic carbocycles. The van der Waals surface area contributed by atoms with Crippen molar-refractivity contribution in [3.8, 4) is 5.88 Å². The highest BCUT2D eigenvalue weighted by atomic mass is 32.2. The van der Waals surface area contributed by atoms with Gasteiger partial charge in [0.1, 0.15) is 0 Å². The predicted molar refractivity (Wildman–Crippen MR) is 101 cm³/mol. The van der Waals surface area contributed by atoms with Gasteiger partial charge in [-0.3, -0.25) is 0 Å². The Bertz CT molecular complexity index is 1170. The number of carbonyl (C=O) groups is 1. The lowest BCUT2D eigenvalue weighted by molar-refractivity contribution is -0.0713. The van der Waals surface area contributed by atoms with Crippen LogP contribution in [0.1, 0.15) is 10.4 Å². The van der Waals surface area contributed by atoms with E-state index >= 15 is 0 Å². The number of aromatic nitrogens is 1. The minimum absolute atomic E-state index is 0.0505. The molecule has 0 bridgehead atoms. The fourth-order valence-corrected chi connectivity index (χ4v) is 2.94. The maximum atomic E-state index is 12.1. The van der Waals surface area contributed by atoms with Gasteiger partial charge < -0.3 is 14.9 Å². The van der Waals surface area contributed by atoms with Crippen LogP contribution in [0.4, 0.5) is 11.4 Å². The molecule has 0 aliphatic carbocycles. The van der Waals surface area contributed by atoms with Gasteiger partial charge in [0.2, 0.25) is 15.9 Å². The number of hydroxylamine groups is 2. The van der Waals surface area contributed by atoms with Gasteiger partial charge >= 0.3 is 5.97 Å². The van der Waals surface area contributed by atoms with Crippen LogP contribution in [0.15, 0.2) is 57.6 Å². The van der Waals surface area contributed by atoms with Gasteiger partial charge in [-0.2, -0.15) is 5.11 Å². The van der Waals surface area contributed by atoms with Gasteiger partial charge in [0.15, 0.2) is 5.69 Å². The number of carbonyl (C=O) groups excluding carboxylic acids is 1. The minimum Gasteiger partial charge on any atom is -0.493 e. The number of nitrogens with two attached hydrogens (primary N) is 1. The smallest absolute Gasteiger partial charge is 0.357 e. The Morgan fingerprint density at radius 3 is 2.43 bits per heavy atom. The number of nitrogens with zero attached hydrogens (tertiary/aromatic N) is 3. The van der Waals surface area contributed by atoms with Crippen molar-refractivity contribution in [2.75, 3.05) is 14.1 Å². The fourth-order valence-electron chi connectivity index (χ4n) is 2.42. The Hall–Kier alpha value is -3.28. The monoisotopic (exact) mass is 403 g/mol. The van der Waals surface area contributed by atoms with E-state index in [2.05, 4.69) is 15.2 Å². The molecule has 0 fully saturated rings. The summed E-state index contributed by atoms with van der Waals surface area (Å²) in [6.45, 7) is 0. The van der Waals surface area contributed by atoms with Crippen LogP contribution in [-0.4, -0.2) is 43.6 Å². The van der Waals surface area contributed by atoms with Crippen molar-refractivity contribution >= 4 is 38.3 Å². The number of azo groups is 1. The fraction of sp³-hybridized carbons (Fsp3) is 0.118. The first-order chi connectivity index (χ1) is 13.1. The van der Waals surface area contributed by atoms with Gasteiger partial charge in [-0.05, 0) is 42.5 Å². The first kappa shape index (κ1) is 19.5. The Balaban J connectivity index is 1.94. The van der Waals surface area contributed by atoms with Crippen LogP contribution in [0.5, 0.6) is 5.88 Å². The molecule has 0 saturated carbocycles. The van der Waals surface area contributed by atoms with Crippen LogP contribution in [0.25, 0.3) is 10.9 Å². The number of sulfonamides is 1. The molecule has 146 valence electrons. The van der Waals surface area contributed by atoms with E-state index in [1.807, 2.05) is 0 Å². The van der Waals surface area contributed by atoms with Crippen LogP contribution >= 0.6 is 0 Å². The van der Waals surface area contributed by atoms with Gasteiger partial charge in [-0.1, -0.05) is 0 Å². The third-order valence-electron chi connectivity index (χ3n) is 3.68. The standard InChI is InChI=1S/C17H17N5O5S/c1-22(2)27-17(24)10-3-8-14-13(9-10)15(16(23)19-14)21-20-11-4-6-12(7-5-11)28(18,25)26/h3-9,19,23H,1-2H3,(H2,18,25,26). The average Bonchev–Trinajstić information content (AvgIpc) is 2.93. The molecule has 0 aliphatic rings. The molecule has 0 unspecified atom stereocenters. The van der Waals surface area contributed by atoms with E-state index in [9.17, 15) is 18.3 Å². The zero-order valence-electron chi connectivity index (χ0n) is 14.9. The molecule has 0 aliphatic heterocycles. The average molecular weight is 403 g/mol. The maximum Gasteiger partial charge on any atom is 0.357 e. The number of aromatic hydroxyl groups is 1. The van der Waals surface area contributed by atoms with Gasteiger partial charge in [0.05, 0.1) is 21.7 Å². The molecule has 3 aromatic rings. The summed E-state index contributed by atoms with van der Waals surface area (Å²) in [6, 6.07) is 10.1. The van der Waals surface area contributed by atoms with Crippen molar-refractivity contribution in [2.24, 2.45) is 15.4 Å². The van der Waals surface area contributed by atoms with Gasteiger partial charge in [-0.25, -0.2) is 18.4 Å². The first-order valence-corrected chi connectivity index (χ1v) is 9.48. The molecule has 1 heterocycles.